The first-order chi connectivity index (χ1) is 13.0. The van der Waals surface area contributed by atoms with E-state index in [9.17, 15) is 9.59 Å². The summed E-state index contributed by atoms with van der Waals surface area (Å²) in [5.41, 5.74) is 2.38. The van der Waals surface area contributed by atoms with Gasteiger partial charge in [0, 0.05) is 68.9 Å². The van der Waals surface area contributed by atoms with Crippen molar-refractivity contribution in [1.82, 2.24) is 24.7 Å². The van der Waals surface area contributed by atoms with Crippen LogP contribution in [0.5, 0.6) is 0 Å². The Bertz CT molecular complexity index is 737. The third-order valence-electron chi connectivity index (χ3n) is 6.18. The summed E-state index contributed by atoms with van der Waals surface area (Å²) in [6.45, 7) is 5.92. The zero-order valence-electron chi connectivity index (χ0n) is 16.4. The SMILES string of the molecule is C[C@H](C(=O)N1CCC[C@@H](c2ncc3c(n2)CCN(C)C3)C1)N1CCCC1=O. The molecule has 2 saturated heterocycles. The third-order valence-corrected chi connectivity index (χ3v) is 6.18. The van der Waals surface area contributed by atoms with E-state index in [-0.39, 0.29) is 23.8 Å². The third kappa shape index (κ3) is 3.70. The molecular formula is C20H29N5O2. The Kier molecular flexibility index (Phi) is 5.12. The standard InChI is InChI=1S/C20H29N5O2/c1-14(25-9-4-6-18(25)26)20(27)24-8-3-5-15(13-24)19-21-11-16-12-23(2)10-7-17(16)22-19/h11,14-15H,3-10,12-13H2,1-2H3/t14-,15-/m1/s1. The summed E-state index contributed by atoms with van der Waals surface area (Å²) >= 11 is 0. The molecule has 3 aliphatic rings. The van der Waals surface area contributed by atoms with Crippen LogP contribution in [0, 0.1) is 0 Å². The van der Waals surface area contributed by atoms with Crippen molar-refractivity contribution in [1.29, 1.82) is 0 Å². The van der Waals surface area contributed by atoms with Crippen LogP contribution in [0.15, 0.2) is 6.20 Å². The second-order valence-corrected chi connectivity index (χ2v) is 8.18. The summed E-state index contributed by atoms with van der Waals surface area (Å²) < 4.78 is 0. The van der Waals surface area contributed by atoms with Crippen molar-refractivity contribution in [2.75, 3.05) is 33.2 Å². The van der Waals surface area contributed by atoms with Gasteiger partial charge < -0.3 is 14.7 Å². The van der Waals surface area contributed by atoms with Crippen LogP contribution in [0.4, 0.5) is 0 Å². The maximum absolute atomic E-state index is 13.0. The minimum Gasteiger partial charge on any atom is -0.340 e. The maximum Gasteiger partial charge on any atom is 0.245 e. The van der Waals surface area contributed by atoms with E-state index in [4.69, 9.17) is 4.98 Å². The van der Waals surface area contributed by atoms with Crippen LogP contribution in [0.1, 0.15) is 55.6 Å². The molecule has 0 bridgehead atoms. The highest BCUT2D eigenvalue weighted by Crippen LogP contribution is 2.27. The maximum atomic E-state index is 13.0. The van der Waals surface area contributed by atoms with Gasteiger partial charge in [0.15, 0.2) is 0 Å². The fourth-order valence-electron chi connectivity index (χ4n) is 4.53. The highest BCUT2D eigenvalue weighted by atomic mass is 16.2. The molecule has 2 amide bonds. The Morgan fingerprint density at radius 2 is 2.07 bits per heavy atom. The van der Waals surface area contributed by atoms with Gasteiger partial charge in [-0.1, -0.05) is 0 Å². The molecular weight excluding hydrogens is 342 g/mol. The van der Waals surface area contributed by atoms with Crippen molar-refractivity contribution >= 4 is 11.8 Å². The van der Waals surface area contributed by atoms with E-state index in [1.807, 2.05) is 18.0 Å². The molecule has 146 valence electrons. The highest BCUT2D eigenvalue weighted by Gasteiger charge is 2.34. The minimum absolute atomic E-state index is 0.0644. The summed E-state index contributed by atoms with van der Waals surface area (Å²) in [6.07, 6.45) is 6.33. The number of piperidine rings is 1. The van der Waals surface area contributed by atoms with Gasteiger partial charge in [-0.05, 0) is 33.2 Å². The first kappa shape index (κ1) is 18.3. The van der Waals surface area contributed by atoms with Gasteiger partial charge in [-0.25, -0.2) is 9.97 Å². The molecule has 7 heteroatoms. The summed E-state index contributed by atoms with van der Waals surface area (Å²) in [7, 11) is 2.12. The molecule has 1 aromatic heterocycles. The summed E-state index contributed by atoms with van der Waals surface area (Å²) in [5, 5.41) is 0. The van der Waals surface area contributed by atoms with Crippen LogP contribution in [-0.2, 0) is 22.6 Å². The lowest BCUT2D eigenvalue weighted by Crippen LogP contribution is -2.50. The monoisotopic (exact) mass is 371 g/mol. The molecule has 0 N–H and O–H groups in total. The number of rotatable bonds is 3. The molecule has 1 aromatic rings. The molecule has 0 saturated carbocycles. The van der Waals surface area contributed by atoms with Crippen LogP contribution in [0.3, 0.4) is 0 Å². The number of carbonyl (C=O) groups is 2. The Labute approximate surface area is 160 Å². The Hall–Kier alpha value is -2.02. The molecule has 0 aliphatic carbocycles. The van der Waals surface area contributed by atoms with Gasteiger partial charge in [-0.3, -0.25) is 9.59 Å². The Balaban J connectivity index is 1.45. The quantitative estimate of drug-likeness (QED) is 0.798. The number of fused-ring (bicyclic) bond motifs is 1. The van der Waals surface area contributed by atoms with Gasteiger partial charge >= 0.3 is 0 Å². The predicted molar refractivity (Wildman–Crippen MR) is 101 cm³/mol. The van der Waals surface area contributed by atoms with E-state index >= 15 is 0 Å². The lowest BCUT2D eigenvalue weighted by atomic mass is 9.96. The molecule has 4 heterocycles. The number of likely N-dealkylation sites (tertiary alicyclic amines) is 2. The fourth-order valence-corrected chi connectivity index (χ4v) is 4.53. The van der Waals surface area contributed by atoms with Crippen LogP contribution < -0.4 is 0 Å². The van der Waals surface area contributed by atoms with Crippen molar-refractivity contribution in [3.8, 4) is 0 Å². The van der Waals surface area contributed by atoms with E-state index in [0.717, 1.165) is 56.8 Å². The van der Waals surface area contributed by atoms with Crippen molar-refractivity contribution in [2.45, 2.75) is 57.5 Å². The molecule has 2 atom stereocenters. The number of nitrogens with zero attached hydrogens (tertiary/aromatic N) is 5. The molecule has 4 rings (SSSR count). The number of hydrogen-bond donors (Lipinski definition) is 0. The molecule has 0 radical (unpaired) electrons. The topological polar surface area (TPSA) is 69.6 Å². The van der Waals surface area contributed by atoms with Gasteiger partial charge in [0.05, 0.1) is 0 Å². The molecule has 2 fully saturated rings. The first-order valence-corrected chi connectivity index (χ1v) is 10.1. The minimum atomic E-state index is -0.362. The Morgan fingerprint density at radius 1 is 1.22 bits per heavy atom. The average Bonchev–Trinajstić information content (AvgIpc) is 3.12. The fraction of sp³-hybridized carbons (Fsp3) is 0.700. The second-order valence-electron chi connectivity index (χ2n) is 8.18. The van der Waals surface area contributed by atoms with Crippen molar-refractivity contribution in [3.63, 3.8) is 0 Å². The number of likely N-dealkylation sites (N-methyl/N-ethyl adjacent to an activating group) is 1. The zero-order chi connectivity index (χ0) is 19.0. The van der Waals surface area contributed by atoms with Crippen LogP contribution >= 0.6 is 0 Å². The highest BCUT2D eigenvalue weighted by molar-refractivity contribution is 5.88. The van der Waals surface area contributed by atoms with Gasteiger partial charge in [0.1, 0.15) is 11.9 Å². The van der Waals surface area contributed by atoms with Gasteiger partial charge in [-0.15, -0.1) is 0 Å². The summed E-state index contributed by atoms with van der Waals surface area (Å²) in [5.74, 6) is 1.23. The van der Waals surface area contributed by atoms with Crippen LogP contribution in [-0.4, -0.2) is 75.8 Å². The molecule has 0 unspecified atom stereocenters. The molecule has 0 aromatic carbocycles. The number of hydrogen-bond acceptors (Lipinski definition) is 5. The molecule has 27 heavy (non-hydrogen) atoms. The van der Waals surface area contributed by atoms with Crippen LogP contribution in [0.25, 0.3) is 0 Å². The first-order valence-electron chi connectivity index (χ1n) is 10.1. The molecule has 0 spiro atoms. The van der Waals surface area contributed by atoms with Crippen LogP contribution in [0.2, 0.25) is 0 Å². The second kappa shape index (κ2) is 7.54. The summed E-state index contributed by atoms with van der Waals surface area (Å²) in [4.78, 5) is 40.4. The van der Waals surface area contributed by atoms with Crippen molar-refractivity contribution in [2.24, 2.45) is 0 Å². The molecule has 7 nitrogen and oxygen atoms in total. The van der Waals surface area contributed by atoms with E-state index in [2.05, 4.69) is 16.9 Å². The molecule has 3 aliphatic heterocycles. The van der Waals surface area contributed by atoms with Crippen molar-refractivity contribution in [3.05, 3.63) is 23.3 Å². The zero-order valence-corrected chi connectivity index (χ0v) is 16.4. The predicted octanol–water partition coefficient (Wildman–Crippen LogP) is 1.18. The lowest BCUT2D eigenvalue weighted by Gasteiger charge is -2.36. The van der Waals surface area contributed by atoms with E-state index < -0.39 is 0 Å². The normalized spacial score (nSPS) is 24.8. The number of aromatic nitrogens is 2. The van der Waals surface area contributed by atoms with E-state index in [1.165, 1.54) is 5.56 Å². The number of amides is 2. The lowest BCUT2D eigenvalue weighted by molar-refractivity contribution is -0.143. The average molecular weight is 371 g/mol. The summed E-state index contributed by atoms with van der Waals surface area (Å²) in [6, 6.07) is -0.362. The van der Waals surface area contributed by atoms with E-state index in [1.54, 1.807) is 4.90 Å². The van der Waals surface area contributed by atoms with Crippen molar-refractivity contribution < 1.29 is 9.59 Å². The Morgan fingerprint density at radius 3 is 2.85 bits per heavy atom. The van der Waals surface area contributed by atoms with E-state index in [0.29, 0.717) is 19.5 Å². The van der Waals surface area contributed by atoms with Gasteiger partial charge in [0.2, 0.25) is 11.8 Å². The van der Waals surface area contributed by atoms with Gasteiger partial charge in [0.25, 0.3) is 0 Å². The number of carbonyl (C=O) groups excluding carboxylic acids is 2. The van der Waals surface area contributed by atoms with Gasteiger partial charge in [-0.2, -0.15) is 0 Å². The smallest absolute Gasteiger partial charge is 0.245 e. The largest absolute Gasteiger partial charge is 0.340 e.